The Morgan fingerprint density at radius 3 is 1.44 bits per heavy atom. The fraction of sp³-hybridized carbons (Fsp3) is 1.00. The average Bonchev–Trinajstić information content (AvgIpc) is 1.69. The first-order valence-electron chi connectivity index (χ1n) is 2.34. The van der Waals surface area contributed by atoms with Gasteiger partial charge in [0, 0.05) is 56.5 Å². The van der Waals surface area contributed by atoms with Crippen molar-refractivity contribution >= 4 is 0 Å². The second-order valence-corrected chi connectivity index (χ2v) is 1.20. The van der Waals surface area contributed by atoms with Crippen LogP contribution in [0.25, 0.3) is 0 Å². The van der Waals surface area contributed by atoms with E-state index in [1.54, 1.807) is 0 Å². The SMILES string of the molecule is OCCNCCO.[Ti].[Ti]. The van der Waals surface area contributed by atoms with E-state index in [0.29, 0.717) is 13.1 Å². The van der Waals surface area contributed by atoms with Gasteiger partial charge in [-0.1, -0.05) is 0 Å². The van der Waals surface area contributed by atoms with Crippen LogP contribution in [0, 0.1) is 0 Å². The van der Waals surface area contributed by atoms with E-state index in [9.17, 15) is 0 Å². The minimum absolute atomic E-state index is 0. The molecule has 9 heavy (non-hydrogen) atoms. The van der Waals surface area contributed by atoms with Gasteiger partial charge in [0.25, 0.3) is 0 Å². The van der Waals surface area contributed by atoms with E-state index in [-0.39, 0.29) is 56.6 Å². The molecule has 5 heteroatoms. The van der Waals surface area contributed by atoms with E-state index in [4.69, 9.17) is 10.2 Å². The third-order valence-electron chi connectivity index (χ3n) is 0.577. The van der Waals surface area contributed by atoms with Crippen molar-refractivity contribution in [3.8, 4) is 0 Å². The summed E-state index contributed by atoms with van der Waals surface area (Å²) in [6, 6.07) is 0. The van der Waals surface area contributed by atoms with Crippen molar-refractivity contribution < 1.29 is 53.6 Å². The molecule has 0 saturated heterocycles. The molecule has 0 spiro atoms. The summed E-state index contributed by atoms with van der Waals surface area (Å²) in [5, 5.41) is 19.1. The Balaban J connectivity index is -0.000000180. The summed E-state index contributed by atoms with van der Waals surface area (Å²) in [6.45, 7) is 1.42. The summed E-state index contributed by atoms with van der Waals surface area (Å²) in [4.78, 5) is 0. The van der Waals surface area contributed by atoms with Gasteiger partial charge in [-0.15, -0.1) is 0 Å². The molecule has 0 atom stereocenters. The first-order valence-corrected chi connectivity index (χ1v) is 2.34. The number of hydrogen-bond donors (Lipinski definition) is 3. The molecular formula is C4H11NO2Ti2. The normalized spacial score (nSPS) is 7.33. The molecular weight excluding hydrogens is 190 g/mol. The Hall–Kier alpha value is 1.31. The van der Waals surface area contributed by atoms with Crippen molar-refractivity contribution in [2.24, 2.45) is 0 Å². The molecule has 0 aromatic heterocycles. The predicted octanol–water partition coefficient (Wildman–Crippen LogP) is -1.44. The van der Waals surface area contributed by atoms with E-state index in [1.165, 1.54) is 0 Å². The van der Waals surface area contributed by atoms with Crippen LogP contribution in [-0.2, 0) is 43.4 Å². The van der Waals surface area contributed by atoms with Crippen LogP contribution in [0.4, 0.5) is 0 Å². The summed E-state index contributed by atoms with van der Waals surface area (Å²) in [5.41, 5.74) is 0. The first-order chi connectivity index (χ1) is 3.41. The van der Waals surface area contributed by atoms with Crippen LogP contribution in [0.2, 0.25) is 0 Å². The molecule has 52 valence electrons. The maximum atomic E-state index is 8.15. The van der Waals surface area contributed by atoms with Gasteiger partial charge in [0.1, 0.15) is 0 Å². The molecule has 0 amide bonds. The van der Waals surface area contributed by atoms with Gasteiger partial charge in [0.05, 0.1) is 13.2 Å². The second-order valence-electron chi connectivity index (χ2n) is 1.20. The molecule has 0 aliphatic rings. The van der Waals surface area contributed by atoms with E-state index in [2.05, 4.69) is 5.32 Å². The van der Waals surface area contributed by atoms with Gasteiger partial charge in [-0.25, -0.2) is 0 Å². The molecule has 0 aromatic carbocycles. The zero-order valence-corrected chi connectivity index (χ0v) is 8.35. The van der Waals surface area contributed by atoms with Gasteiger partial charge < -0.3 is 15.5 Å². The predicted molar refractivity (Wildman–Crippen MR) is 27.0 cm³/mol. The Morgan fingerprint density at radius 1 is 0.889 bits per heavy atom. The Morgan fingerprint density at radius 2 is 1.22 bits per heavy atom. The van der Waals surface area contributed by atoms with Gasteiger partial charge in [-0.05, 0) is 0 Å². The number of hydrogen-bond acceptors (Lipinski definition) is 3. The van der Waals surface area contributed by atoms with E-state index < -0.39 is 0 Å². The first kappa shape index (κ1) is 16.7. The van der Waals surface area contributed by atoms with Crippen LogP contribution < -0.4 is 5.32 Å². The Bertz CT molecular complexity index is 35.7. The maximum absolute atomic E-state index is 8.15. The van der Waals surface area contributed by atoms with Gasteiger partial charge in [0.2, 0.25) is 0 Å². The van der Waals surface area contributed by atoms with Crippen LogP contribution >= 0.6 is 0 Å². The van der Waals surface area contributed by atoms with Crippen molar-refractivity contribution in [3.63, 3.8) is 0 Å². The van der Waals surface area contributed by atoms with Gasteiger partial charge in [-0.3, -0.25) is 0 Å². The second kappa shape index (κ2) is 16.1. The molecule has 0 bridgehead atoms. The molecule has 0 aliphatic heterocycles. The van der Waals surface area contributed by atoms with Crippen LogP contribution in [0.5, 0.6) is 0 Å². The number of aliphatic hydroxyl groups is 2. The van der Waals surface area contributed by atoms with Crippen molar-refractivity contribution in [3.05, 3.63) is 0 Å². The minimum Gasteiger partial charge on any atom is -0.395 e. The standard InChI is InChI=1S/C4H11NO2.2Ti/c6-3-1-5-2-4-7;;/h5-7H,1-4H2;;. The molecule has 0 aliphatic carbocycles. The van der Waals surface area contributed by atoms with Gasteiger partial charge in [0.15, 0.2) is 0 Å². The fourth-order valence-electron chi connectivity index (χ4n) is 0.283. The number of aliphatic hydroxyl groups excluding tert-OH is 2. The summed E-state index contributed by atoms with van der Waals surface area (Å²) in [5.74, 6) is 0. The molecule has 3 N–H and O–H groups in total. The van der Waals surface area contributed by atoms with Gasteiger partial charge >= 0.3 is 0 Å². The van der Waals surface area contributed by atoms with Crippen molar-refractivity contribution in [1.29, 1.82) is 0 Å². The van der Waals surface area contributed by atoms with Gasteiger partial charge in [-0.2, -0.15) is 0 Å². The van der Waals surface area contributed by atoms with E-state index in [0.717, 1.165) is 0 Å². The summed E-state index contributed by atoms with van der Waals surface area (Å²) in [7, 11) is 0. The smallest absolute Gasteiger partial charge is 0.0555 e. The topological polar surface area (TPSA) is 52.5 Å². The van der Waals surface area contributed by atoms with Crippen LogP contribution in [0.15, 0.2) is 0 Å². The minimum atomic E-state index is 0. The zero-order valence-electron chi connectivity index (χ0n) is 5.22. The Labute approximate surface area is 85.0 Å². The van der Waals surface area contributed by atoms with Crippen LogP contribution in [0.3, 0.4) is 0 Å². The van der Waals surface area contributed by atoms with Crippen LogP contribution in [-0.4, -0.2) is 36.5 Å². The van der Waals surface area contributed by atoms with Crippen molar-refractivity contribution in [2.45, 2.75) is 0 Å². The third-order valence-corrected chi connectivity index (χ3v) is 0.577. The molecule has 3 nitrogen and oxygen atoms in total. The molecule has 0 radical (unpaired) electrons. The molecule has 0 saturated carbocycles. The summed E-state index contributed by atoms with van der Waals surface area (Å²) < 4.78 is 0. The summed E-state index contributed by atoms with van der Waals surface area (Å²) >= 11 is 0. The van der Waals surface area contributed by atoms with E-state index in [1.807, 2.05) is 0 Å². The fourth-order valence-corrected chi connectivity index (χ4v) is 0.283. The molecule has 0 fully saturated rings. The average molecular weight is 201 g/mol. The molecule has 0 heterocycles. The van der Waals surface area contributed by atoms with Crippen molar-refractivity contribution in [2.75, 3.05) is 26.3 Å². The number of nitrogens with one attached hydrogen (secondary N) is 1. The molecule has 0 unspecified atom stereocenters. The Kier molecular flexibility index (Phi) is 30.0. The maximum Gasteiger partial charge on any atom is 0.0555 e. The quantitative estimate of drug-likeness (QED) is 0.385. The monoisotopic (exact) mass is 201 g/mol. The van der Waals surface area contributed by atoms with E-state index >= 15 is 0 Å². The zero-order chi connectivity index (χ0) is 5.54. The molecule has 0 aromatic rings. The third kappa shape index (κ3) is 17.6. The van der Waals surface area contributed by atoms with Crippen LogP contribution in [0.1, 0.15) is 0 Å². The number of rotatable bonds is 4. The van der Waals surface area contributed by atoms with Crippen molar-refractivity contribution in [1.82, 2.24) is 5.32 Å². The largest absolute Gasteiger partial charge is 0.395 e. The molecule has 0 rings (SSSR count). The summed E-state index contributed by atoms with van der Waals surface area (Å²) in [6.07, 6.45) is 0.